The van der Waals surface area contributed by atoms with Crippen molar-refractivity contribution in [2.24, 2.45) is 10.9 Å². The van der Waals surface area contributed by atoms with Crippen LogP contribution in [0.2, 0.25) is 0 Å². The Morgan fingerprint density at radius 1 is 1.22 bits per heavy atom. The molecule has 1 saturated heterocycles. The Bertz CT molecular complexity index is 370. The summed E-state index contributed by atoms with van der Waals surface area (Å²) < 4.78 is 5.10. The summed E-state index contributed by atoms with van der Waals surface area (Å²) in [6.45, 7) is 13.9. The average Bonchev–Trinajstić information content (AvgIpc) is 2.61. The van der Waals surface area contributed by atoms with Gasteiger partial charge in [-0.05, 0) is 65.1 Å². The summed E-state index contributed by atoms with van der Waals surface area (Å²) in [7, 11) is 3.91. The first-order valence-electron chi connectivity index (χ1n) is 10.6. The van der Waals surface area contributed by atoms with E-state index in [4.69, 9.17) is 9.73 Å². The number of nitrogens with one attached hydrogen (secondary N) is 2. The summed E-state index contributed by atoms with van der Waals surface area (Å²) in [4.78, 5) is 9.68. The molecule has 0 amide bonds. The smallest absolute Gasteiger partial charge is 0.191 e. The molecule has 0 radical (unpaired) electrons. The van der Waals surface area contributed by atoms with Crippen LogP contribution in [0.3, 0.4) is 0 Å². The molecule has 1 rings (SSSR count). The minimum Gasteiger partial charge on any atom is -0.385 e. The van der Waals surface area contributed by atoms with Crippen LogP contribution in [0.25, 0.3) is 0 Å². The number of methoxy groups -OCH3 is 1. The lowest BCUT2D eigenvalue weighted by molar-refractivity contribution is 0.180. The second-order valence-corrected chi connectivity index (χ2v) is 7.59. The normalized spacial score (nSPS) is 18.4. The number of nitrogens with zero attached hydrogens (tertiary/aromatic N) is 3. The fourth-order valence-electron chi connectivity index (χ4n) is 3.43. The monoisotopic (exact) mass is 497 g/mol. The molecule has 0 bridgehead atoms. The maximum absolute atomic E-state index is 5.10. The fourth-order valence-corrected chi connectivity index (χ4v) is 3.43. The van der Waals surface area contributed by atoms with Crippen molar-refractivity contribution < 1.29 is 4.74 Å². The molecule has 0 aliphatic carbocycles. The summed E-state index contributed by atoms with van der Waals surface area (Å²) in [5, 5.41) is 6.79. The topological polar surface area (TPSA) is 52.1 Å². The van der Waals surface area contributed by atoms with E-state index in [1.165, 1.54) is 45.3 Å². The molecule has 0 aromatic rings. The zero-order chi connectivity index (χ0) is 19.0. The van der Waals surface area contributed by atoms with Gasteiger partial charge in [-0.3, -0.25) is 4.99 Å². The highest BCUT2D eigenvalue weighted by Gasteiger charge is 2.15. The van der Waals surface area contributed by atoms with Gasteiger partial charge in [-0.15, -0.1) is 24.0 Å². The van der Waals surface area contributed by atoms with E-state index in [1.54, 1.807) is 7.11 Å². The number of aliphatic imine (C=N–C) groups is 1. The van der Waals surface area contributed by atoms with Crippen LogP contribution in [0.5, 0.6) is 0 Å². The zero-order valence-corrected chi connectivity index (χ0v) is 20.5. The predicted molar refractivity (Wildman–Crippen MR) is 127 cm³/mol. The number of likely N-dealkylation sites (N-methyl/N-ethyl adjacent to an activating group) is 1. The number of ether oxygens (including phenoxy) is 1. The molecule has 1 atom stereocenters. The summed E-state index contributed by atoms with van der Waals surface area (Å²) >= 11 is 0. The lowest BCUT2D eigenvalue weighted by Gasteiger charge is -2.30. The quantitative estimate of drug-likeness (QED) is 0.177. The van der Waals surface area contributed by atoms with Gasteiger partial charge in [0.25, 0.3) is 0 Å². The summed E-state index contributed by atoms with van der Waals surface area (Å²) in [6, 6.07) is 0. The lowest BCUT2D eigenvalue weighted by atomic mass is 10.0. The fraction of sp³-hybridized carbons (Fsp3) is 0.950. The second-order valence-electron chi connectivity index (χ2n) is 7.59. The van der Waals surface area contributed by atoms with Gasteiger partial charge in [-0.2, -0.15) is 0 Å². The van der Waals surface area contributed by atoms with Crippen LogP contribution in [0, 0.1) is 5.92 Å². The highest BCUT2D eigenvalue weighted by molar-refractivity contribution is 14.0. The van der Waals surface area contributed by atoms with Gasteiger partial charge in [0.2, 0.25) is 0 Å². The molecule has 6 nitrogen and oxygen atoms in total. The summed E-state index contributed by atoms with van der Waals surface area (Å²) in [6.07, 6.45) is 6.26. The molecular weight excluding hydrogens is 453 g/mol. The van der Waals surface area contributed by atoms with Crippen molar-refractivity contribution in [2.75, 3.05) is 73.1 Å². The Labute approximate surface area is 184 Å². The van der Waals surface area contributed by atoms with Gasteiger partial charge >= 0.3 is 0 Å². The van der Waals surface area contributed by atoms with Crippen LogP contribution in [0.15, 0.2) is 4.99 Å². The molecule has 27 heavy (non-hydrogen) atoms. The van der Waals surface area contributed by atoms with Crippen LogP contribution in [-0.2, 0) is 4.74 Å². The Kier molecular flexibility index (Phi) is 17.9. The van der Waals surface area contributed by atoms with Crippen LogP contribution >= 0.6 is 24.0 Å². The van der Waals surface area contributed by atoms with Crippen molar-refractivity contribution in [2.45, 2.75) is 46.0 Å². The minimum atomic E-state index is 0. The average molecular weight is 498 g/mol. The number of hydrogen-bond donors (Lipinski definition) is 2. The second kappa shape index (κ2) is 17.9. The van der Waals surface area contributed by atoms with E-state index in [0.29, 0.717) is 0 Å². The molecule has 1 unspecified atom stereocenters. The van der Waals surface area contributed by atoms with E-state index >= 15 is 0 Å². The van der Waals surface area contributed by atoms with Gasteiger partial charge < -0.3 is 25.2 Å². The Hall–Kier alpha value is -0.120. The molecule has 0 saturated carbocycles. The van der Waals surface area contributed by atoms with Gasteiger partial charge in [-0.1, -0.05) is 6.92 Å². The number of rotatable bonds is 13. The molecular formula is C20H44IN5O. The summed E-state index contributed by atoms with van der Waals surface area (Å²) in [5.41, 5.74) is 0. The number of piperidine rings is 1. The SMILES string of the molecule is CCNC(=NCCCCN1CCCC(C)C1)NCCN(C)CCCOC.I. The van der Waals surface area contributed by atoms with Crippen LogP contribution in [0.4, 0.5) is 0 Å². The maximum Gasteiger partial charge on any atom is 0.191 e. The number of unbranched alkanes of at least 4 members (excludes halogenated alkanes) is 1. The molecule has 1 heterocycles. The van der Waals surface area contributed by atoms with Crippen LogP contribution < -0.4 is 10.6 Å². The minimum absolute atomic E-state index is 0. The molecule has 1 aliphatic rings. The van der Waals surface area contributed by atoms with Crippen LogP contribution in [-0.4, -0.2) is 88.9 Å². The number of hydrogen-bond acceptors (Lipinski definition) is 4. The first-order chi connectivity index (χ1) is 12.7. The molecule has 7 heteroatoms. The molecule has 2 N–H and O–H groups in total. The highest BCUT2D eigenvalue weighted by Crippen LogP contribution is 2.15. The molecule has 1 fully saturated rings. The van der Waals surface area contributed by atoms with Crippen molar-refractivity contribution >= 4 is 29.9 Å². The molecule has 0 spiro atoms. The van der Waals surface area contributed by atoms with Gasteiger partial charge in [0.15, 0.2) is 5.96 Å². The van der Waals surface area contributed by atoms with Crippen molar-refractivity contribution in [3.8, 4) is 0 Å². The van der Waals surface area contributed by atoms with Crippen molar-refractivity contribution in [1.29, 1.82) is 0 Å². The van der Waals surface area contributed by atoms with Gasteiger partial charge in [-0.25, -0.2) is 0 Å². The van der Waals surface area contributed by atoms with E-state index in [-0.39, 0.29) is 24.0 Å². The molecule has 1 aliphatic heterocycles. The maximum atomic E-state index is 5.10. The Balaban J connectivity index is 0.00000676. The van der Waals surface area contributed by atoms with E-state index in [9.17, 15) is 0 Å². The van der Waals surface area contributed by atoms with Gasteiger partial charge in [0, 0.05) is 53.0 Å². The Morgan fingerprint density at radius 3 is 2.74 bits per heavy atom. The van der Waals surface area contributed by atoms with Gasteiger partial charge in [0.1, 0.15) is 0 Å². The third-order valence-electron chi connectivity index (χ3n) is 4.91. The van der Waals surface area contributed by atoms with Crippen molar-refractivity contribution in [3.05, 3.63) is 0 Å². The number of halogens is 1. The highest BCUT2D eigenvalue weighted by atomic mass is 127. The molecule has 162 valence electrons. The first kappa shape index (κ1) is 26.9. The van der Waals surface area contributed by atoms with Crippen molar-refractivity contribution in [1.82, 2.24) is 20.4 Å². The standard InChI is InChI=1S/C20H43N5O.HI/c1-5-21-20(23-12-16-24(3)13-9-17-26-4)22-11-6-7-14-25-15-8-10-19(2)18-25;/h19H,5-18H2,1-4H3,(H2,21,22,23);1H. The summed E-state index contributed by atoms with van der Waals surface area (Å²) in [5.74, 6) is 1.82. The lowest BCUT2D eigenvalue weighted by Crippen LogP contribution is -2.41. The third kappa shape index (κ3) is 14.5. The first-order valence-corrected chi connectivity index (χ1v) is 10.6. The Morgan fingerprint density at radius 2 is 2.04 bits per heavy atom. The van der Waals surface area contributed by atoms with E-state index in [0.717, 1.165) is 57.6 Å². The van der Waals surface area contributed by atoms with Gasteiger partial charge in [0.05, 0.1) is 0 Å². The number of likely N-dealkylation sites (tertiary alicyclic amines) is 1. The van der Waals surface area contributed by atoms with Crippen LogP contribution in [0.1, 0.15) is 46.0 Å². The molecule has 0 aromatic heterocycles. The van der Waals surface area contributed by atoms with E-state index in [2.05, 4.69) is 41.3 Å². The number of guanidine groups is 1. The predicted octanol–water partition coefficient (Wildman–Crippen LogP) is 2.64. The zero-order valence-electron chi connectivity index (χ0n) is 18.1. The van der Waals surface area contributed by atoms with Crippen molar-refractivity contribution in [3.63, 3.8) is 0 Å². The molecule has 0 aromatic carbocycles. The van der Waals surface area contributed by atoms with E-state index in [1.807, 2.05) is 0 Å². The largest absolute Gasteiger partial charge is 0.385 e. The van der Waals surface area contributed by atoms with E-state index < -0.39 is 0 Å². The third-order valence-corrected chi connectivity index (χ3v) is 4.91.